The summed E-state index contributed by atoms with van der Waals surface area (Å²) in [5, 5.41) is 2.79. The van der Waals surface area contributed by atoms with Crippen LogP contribution in [0.25, 0.3) is 0 Å². The minimum atomic E-state index is -0.233. The van der Waals surface area contributed by atoms with Gasteiger partial charge >= 0.3 is 0 Å². The van der Waals surface area contributed by atoms with Crippen LogP contribution in [0.1, 0.15) is 43.2 Å². The second-order valence-electron chi connectivity index (χ2n) is 7.06. The molecule has 7 nitrogen and oxygen atoms in total. The summed E-state index contributed by atoms with van der Waals surface area (Å²) in [6, 6.07) is 3.93. The predicted molar refractivity (Wildman–Crippen MR) is 104 cm³/mol. The van der Waals surface area contributed by atoms with Gasteiger partial charge in [0.05, 0.1) is 12.0 Å². The van der Waals surface area contributed by atoms with E-state index in [4.69, 9.17) is 4.42 Å². The van der Waals surface area contributed by atoms with Gasteiger partial charge in [-0.2, -0.15) is 11.8 Å². The standard InChI is InChI=1S/C19H27N3O4S/c1-14(23)21-9-6-16(7-10-21)22(15-4-5-15)18(24)13-27-12-8-20-19(25)17-3-2-11-26-17/h2-3,11,15-16H,4-10,12-13H2,1H3,(H,20,25). The molecule has 0 bridgehead atoms. The highest BCUT2D eigenvalue weighted by Gasteiger charge is 2.38. The number of thioether (sulfide) groups is 1. The molecule has 0 radical (unpaired) electrons. The van der Waals surface area contributed by atoms with Crippen molar-refractivity contribution >= 4 is 29.5 Å². The molecule has 27 heavy (non-hydrogen) atoms. The molecule has 1 aromatic rings. The van der Waals surface area contributed by atoms with E-state index in [-0.39, 0.29) is 23.8 Å². The van der Waals surface area contributed by atoms with Gasteiger partial charge in [-0.25, -0.2) is 0 Å². The zero-order valence-corrected chi connectivity index (χ0v) is 16.5. The monoisotopic (exact) mass is 393 g/mol. The van der Waals surface area contributed by atoms with E-state index in [1.165, 1.54) is 6.26 Å². The summed E-state index contributed by atoms with van der Waals surface area (Å²) in [5.74, 6) is 1.47. The fourth-order valence-electron chi connectivity index (χ4n) is 3.48. The Morgan fingerprint density at radius 3 is 2.52 bits per heavy atom. The van der Waals surface area contributed by atoms with Gasteiger partial charge in [0.1, 0.15) is 0 Å². The summed E-state index contributed by atoms with van der Waals surface area (Å²) >= 11 is 1.54. The van der Waals surface area contributed by atoms with Crippen LogP contribution in [0.15, 0.2) is 22.8 Å². The second-order valence-corrected chi connectivity index (χ2v) is 8.16. The van der Waals surface area contributed by atoms with Crippen molar-refractivity contribution in [1.29, 1.82) is 0 Å². The average molecular weight is 394 g/mol. The van der Waals surface area contributed by atoms with Crippen molar-refractivity contribution in [3.8, 4) is 0 Å². The number of furan rings is 1. The topological polar surface area (TPSA) is 82.9 Å². The van der Waals surface area contributed by atoms with Gasteiger partial charge < -0.3 is 19.5 Å². The van der Waals surface area contributed by atoms with Crippen LogP contribution in [0.4, 0.5) is 0 Å². The number of rotatable bonds is 8. The summed E-state index contributed by atoms with van der Waals surface area (Å²) < 4.78 is 5.04. The molecule has 1 aromatic heterocycles. The molecule has 2 fully saturated rings. The first-order valence-corrected chi connectivity index (χ1v) is 10.7. The third-order valence-corrected chi connectivity index (χ3v) is 5.98. The fraction of sp³-hybridized carbons (Fsp3) is 0.632. The highest BCUT2D eigenvalue weighted by molar-refractivity contribution is 7.99. The maximum atomic E-state index is 12.7. The first-order valence-electron chi connectivity index (χ1n) is 9.52. The van der Waals surface area contributed by atoms with E-state index in [9.17, 15) is 14.4 Å². The molecule has 0 atom stereocenters. The Balaban J connectivity index is 1.38. The van der Waals surface area contributed by atoms with E-state index in [1.807, 2.05) is 4.90 Å². The first kappa shape index (κ1) is 19.8. The molecular formula is C19H27N3O4S. The summed E-state index contributed by atoms with van der Waals surface area (Å²) in [7, 11) is 0. The average Bonchev–Trinajstić information content (AvgIpc) is 3.33. The predicted octanol–water partition coefficient (Wildman–Crippen LogP) is 1.74. The lowest BCUT2D eigenvalue weighted by atomic mass is 10.0. The summed E-state index contributed by atoms with van der Waals surface area (Å²) in [6.07, 6.45) is 5.37. The van der Waals surface area contributed by atoms with Crippen LogP contribution >= 0.6 is 11.8 Å². The second kappa shape index (κ2) is 9.30. The number of hydrogen-bond donors (Lipinski definition) is 1. The lowest BCUT2D eigenvalue weighted by Crippen LogP contribution is -2.49. The molecular weight excluding hydrogens is 366 g/mol. The number of nitrogens with zero attached hydrogens (tertiary/aromatic N) is 2. The van der Waals surface area contributed by atoms with E-state index in [0.717, 1.165) is 38.8 Å². The Hall–Kier alpha value is -1.96. The molecule has 0 aromatic carbocycles. The minimum absolute atomic E-state index is 0.116. The van der Waals surface area contributed by atoms with Gasteiger partial charge in [-0.15, -0.1) is 0 Å². The number of carbonyl (C=O) groups excluding carboxylic acids is 3. The van der Waals surface area contributed by atoms with Crippen molar-refractivity contribution in [3.05, 3.63) is 24.2 Å². The Bertz CT molecular complexity index is 652. The quantitative estimate of drug-likeness (QED) is 0.681. The minimum Gasteiger partial charge on any atom is -0.459 e. The van der Waals surface area contributed by atoms with E-state index in [2.05, 4.69) is 10.2 Å². The molecule has 8 heteroatoms. The number of likely N-dealkylation sites (tertiary alicyclic amines) is 1. The number of carbonyl (C=O) groups is 3. The van der Waals surface area contributed by atoms with Crippen molar-refractivity contribution in [2.24, 2.45) is 0 Å². The van der Waals surface area contributed by atoms with Crippen LogP contribution < -0.4 is 5.32 Å². The Labute approximate surface area is 163 Å². The Morgan fingerprint density at radius 2 is 1.93 bits per heavy atom. The molecule has 2 heterocycles. The van der Waals surface area contributed by atoms with Gasteiger partial charge in [-0.1, -0.05) is 0 Å². The number of piperidine rings is 1. The van der Waals surface area contributed by atoms with E-state index in [1.54, 1.807) is 30.8 Å². The third-order valence-electron chi connectivity index (χ3n) is 5.03. The van der Waals surface area contributed by atoms with E-state index < -0.39 is 0 Å². The van der Waals surface area contributed by atoms with E-state index >= 15 is 0 Å². The van der Waals surface area contributed by atoms with Crippen LogP contribution in [0.2, 0.25) is 0 Å². The zero-order valence-electron chi connectivity index (χ0n) is 15.7. The normalized spacial score (nSPS) is 17.6. The van der Waals surface area contributed by atoms with Crippen molar-refractivity contribution in [3.63, 3.8) is 0 Å². The first-order chi connectivity index (χ1) is 13.1. The smallest absolute Gasteiger partial charge is 0.287 e. The molecule has 1 saturated carbocycles. The molecule has 1 saturated heterocycles. The number of amides is 3. The number of hydrogen-bond acceptors (Lipinski definition) is 5. The largest absolute Gasteiger partial charge is 0.459 e. The number of nitrogens with one attached hydrogen (secondary N) is 1. The molecule has 0 spiro atoms. The molecule has 148 valence electrons. The van der Waals surface area contributed by atoms with Gasteiger partial charge in [0.15, 0.2) is 5.76 Å². The van der Waals surface area contributed by atoms with Gasteiger partial charge in [0.25, 0.3) is 5.91 Å². The fourth-order valence-corrected chi connectivity index (χ4v) is 4.20. The molecule has 3 rings (SSSR count). The van der Waals surface area contributed by atoms with Crippen LogP contribution in [-0.4, -0.2) is 70.7 Å². The lowest BCUT2D eigenvalue weighted by molar-refractivity contribution is -0.134. The van der Waals surface area contributed by atoms with Gasteiger partial charge in [0.2, 0.25) is 11.8 Å². The van der Waals surface area contributed by atoms with Crippen LogP contribution in [0, 0.1) is 0 Å². The summed E-state index contributed by atoms with van der Waals surface area (Å²) in [4.78, 5) is 39.9. The Morgan fingerprint density at radius 1 is 1.22 bits per heavy atom. The summed E-state index contributed by atoms with van der Waals surface area (Å²) in [5.41, 5.74) is 0. The summed E-state index contributed by atoms with van der Waals surface area (Å²) in [6.45, 7) is 3.58. The molecule has 0 unspecified atom stereocenters. The van der Waals surface area contributed by atoms with Crippen molar-refractivity contribution in [2.75, 3.05) is 31.1 Å². The molecule has 1 aliphatic carbocycles. The SMILES string of the molecule is CC(=O)N1CCC(N(C(=O)CSCCNC(=O)c2ccco2)C2CC2)CC1. The van der Waals surface area contributed by atoms with Crippen LogP contribution in [0.3, 0.4) is 0 Å². The molecule has 1 N–H and O–H groups in total. The maximum absolute atomic E-state index is 12.7. The van der Waals surface area contributed by atoms with E-state index in [0.29, 0.717) is 29.9 Å². The zero-order chi connectivity index (χ0) is 19.2. The maximum Gasteiger partial charge on any atom is 0.287 e. The van der Waals surface area contributed by atoms with Gasteiger partial charge in [-0.3, -0.25) is 14.4 Å². The molecule has 1 aliphatic heterocycles. The van der Waals surface area contributed by atoms with Crippen LogP contribution in [-0.2, 0) is 9.59 Å². The van der Waals surface area contributed by atoms with Crippen molar-refractivity contribution in [1.82, 2.24) is 15.1 Å². The lowest BCUT2D eigenvalue weighted by Gasteiger charge is -2.38. The Kier molecular flexibility index (Phi) is 6.82. The van der Waals surface area contributed by atoms with Gasteiger partial charge in [-0.05, 0) is 37.8 Å². The highest BCUT2D eigenvalue weighted by atomic mass is 32.2. The highest BCUT2D eigenvalue weighted by Crippen LogP contribution is 2.32. The molecule has 3 amide bonds. The molecule has 2 aliphatic rings. The van der Waals surface area contributed by atoms with Crippen LogP contribution in [0.5, 0.6) is 0 Å². The van der Waals surface area contributed by atoms with Crippen molar-refractivity contribution < 1.29 is 18.8 Å². The third kappa shape index (κ3) is 5.51. The van der Waals surface area contributed by atoms with Crippen molar-refractivity contribution in [2.45, 2.75) is 44.7 Å². The van der Waals surface area contributed by atoms with Gasteiger partial charge in [0, 0.05) is 44.4 Å².